The fourth-order valence-electron chi connectivity index (χ4n) is 2.52. The van der Waals surface area contributed by atoms with E-state index in [0.717, 1.165) is 18.4 Å². The number of hydrogen-bond donors (Lipinski definition) is 2. The summed E-state index contributed by atoms with van der Waals surface area (Å²) in [5.74, 6) is -0.0668. The highest BCUT2D eigenvalue weighted by molar-refractivity contribution is 6.36. The maximum absolute atomic E-state index is 12.1. The van der Waals surface area contributed by atoms with Gasteiger partial charge in [-0.2, -0.15) is 0 Å². The van der Waals surface area contributed by atoms with Crippen molar-refractivity contribution in [2.75, 3.05) is 13.1 Å². The van der Waals surface area contributed by atoms with Crippen LogP contribution in [0.15, 0.2) is 18.2 Å². The zero-order valence-corrected chi connectivity index (χ0v) is 13.5. The lowest BCUT2D eigenvalue weighted by molar-refractivity contribution is -0.131. The van der Waals surface area contributed by atoms with Crippen molar-refractivity contribution < 1.29 is 9.53 Å². The number of hydrogen-bond acceptors (Lipinski definition) is 3. The third-order valence-corrected chi connectivity index (χ3v) is 4.40. The molecule has 0 bridgehead atoms. The molecule has 1 heterocycles. The van der Waals surface area contributed by atoms with E-state index in [9.17, 15) is 4.79 Å². The van der Waals surface area contributed by atoms with Gasteiger partial charge >= 0.3 is 0 Å². The van der Waals surface area contributed by atoms with Crippen molar-refractivity contribution in [3.05, 3.63) is 33.8 Å². The van der Waals surface area contributed by atoms with E-state index in [2.05, 4.69) is 5.32 Å². The molecule has 1 aliphatic rings. The Hall–Kier alpha value is -0.810. The van der Waals surface area contributed by atoms with Gasteiger partial charge in [0.2, 0.25) is 5.91 Å². The fraction of sp³-hybridized carbons (Fsp3) is 0.533. The summed E-state index contributed by atoms with van der Waals surface area (Å²) in [7, 11) is 0. The predicted molar refractivity (Wildman–Crippen MR) is 84.8 cm³/mol. The van der Waals surface area contributed by atoms with Gasteiger partial charge in [-0.05, 0) is 30.5 Å². The molecule has 0 spiro atoms. The first-order chi connectivity index (χ1) is 10.0. The number of ether oxygens (including phenoxy) is 1. The molecule has 1 aromatic carbocycles. The molecule has 6 heteroatoms. The van der Waals surface area contributed by atoms with Crippen molar-refractivity contribution >= 4 is 29.1 Å². The van der Waals surface area contributed by atoms with Crippen LogP contribution in [0.5, 0.6) is 0 Å². The summed E-state index contributed by atoms with van der Waals surface area (Å²) < 4.78 is 5.57. The SMILES string of the molecule is CC(CNC(=O)[C@@H]1CC[C@H](CN)O1)c1c(Cl)cccc1Cl. The molecule has 1 unspecified atom stereocenters. The second-order valence-corrected chi connectivity index (χ2v) is 6.16. The average Bonchev–Trinajstić information content (AvgIpc) is 2.93. The normalized spacial score (nSPS) is 23.0. The molecule has 3 atom stereocenters. The monoisotopic (exact) mass is 330 g/mol. The van der Waals surface area contributed by atoms with Gasteiger partial charge in [-0.25, -0.2) is 0 Å². The number of carbonyl (C=O) groups excluding carboxylic acids is 1. The van der Waals surface area contributed by atoms with Crippen LogP contribution in [-0.2, 0) is 9.53 Å². The van der Waals surface area contributed by atoms with Gasteiger partial charge in [-0.3, -0.25) is 4.79 Å². The fourth-order valence-corrected chi connectivity index (χ4v) is 3.29. The molecule has 0 saturated carbocycles. The highest BCUT2D eigenvalue weighted by atomic mass is 35.5. The summed E-state index contributed by atoms with van der Waals surface area (Å²) in [5.41, 5.74) is 6.40. The van der Waals surface area contributed by atoms with Gasteiger partial charge in [-0.15, -0.1) is 0 Å². The molecule has 1 fully saturated rings. The molecule has 1 aromatic rings. The Morgan fingerprint density at radius 1 is 1.43 bits per heavy atom. The van der Waals surface area contributed by atoms with Crippen molar-refractivity contribution in [1.82, 2.24) is 5.32 Å². The van der Waals surface area contributed by atoms with Gasteiger partial charge in [-0.1, -0.05) is 36.2 Å². The number of carbonyl (C=O) groups is 1. The van der Waals surface area contributed by atoms with Crippen LogP contribution < -0.4 is 11.1 Å². The Kier molecular flexibility index (Phi) is 5.88. The first-order valence-corrected chi connectivity index (χ1v) is 7.85. The highest BCUT2D eigenvalue weighted by Gasteiger charge is 2.30. The zero-order valence-electron chi connectivity index (χ0n) is 11.9. The molecular formula is C15H20Cl2N2O2. The molecular weight excluding hydrogens is 311 g/mol. The Labute approximate surface area is 134 Å². The predicted octanol–water partition coefficient (Wildman–Crippen LogP) is 2.72. The van der Waals surface area contributed by atoms with E-state index in [1.54, 1.807) is 18.2 Å². The lowest BCUT2D eigenvalue weighted by atomic mass is 10.0. The zero-order chi connectivity index (χ0) is 15.4. The van der Waals surface area contributed by atoms with Gasteiger partial charge < -0.3 is 15.8 Å². The molecule has 1 aliphatic heterocycles. The van der Waals surface area contributed by atoms with Crippen LogP contribution >= 0.6 is 23.2 Å². The van der Waals surface area contributed by atoms with Crippen molar-refractivity contribution in [1.29, 1.82) is 0 Å². The van der Waals surface area contributed by atoms with Crippen LogP contribution in [0.25, 0.3) is 0 Å². The number of rotatable bonds is 5. The van der Waals surface area contributed by atoms with Gasteiger partial charge in [0.05, 0.1) is 6.10 Å². The first-order valence-electron chi connectivity index (χ1n) is 7.10. The first kappa shape index (κ1) is 16.6. The quantitative estimate of drug-likeness (QED) is 0.872. The van der Waals surface area contributed by atoms with E-state index >= 15 is 0 Å². The number of nitrogens with one attached hydrogen (secondary N) is 1. The summed E-state index contributed by atoms with van der Waals surface area (Å²) >= 11 is 12.3. The second kappa shape index (κ2) is 7.45. The van der Waals surface area contributed by atoms with E-state index in [0.29, 0.717) is 23.1 Å². The molecule has 1 amide bonds. The number of nitrogens with two attached hydrogens (primary N) is 1. The molecule has 116 valence electrons. The second-order valence-electron chi connectivity index (χ2n) is 5.34. The van der Waals surface area contributed by atoms with Crippen LogP contribution in [0.2, 0.25) is 10.0 Å². The molecule has 4 nitrogen and oxygen atoms in total. The van der Waals surface area contributed by atoms with E-state index in [4.69, 9.17) is 33.7 Å². The van der Waals surface area contributed by atoms with Crippen molar-refractivity contribution in [2.24, 2.45) is 5.73 Å². The highest BCUT2D eigenvalue weighted by Crippen LogP contribution is 2.31. The number of amides is 1. The largest absolute Gasteiger partial charge is 0.364 e. The van der Waals surface area contributed by atoms with E-state index in [-0.39, 0.29) is 17.9 Å². The minimum Gasteiger partial charge on any atom is -0.364 e. The molecule has 2 rings (SSSR count). The van der Waals surface area contributed by atoms with Gasteiger partial charge in [0.25, 0.3) is 0 Å². The van der Waals surface area contributed by atoms with Crippen molar-refractivity contribution in [2.45, 2.75) is 37.9 Å². The molecule has 21 heavy (non-hydrogen) atoms. The minimum absolute atomic E-state index is 0.00353. The third-order valence-electron chi connectivity index (χ3n) is 3.74. The Bertz CT molecular complexity index is 490. The molecule has 3 N–H and O–H groups in total. The summed E-state index contributed by atoms with van der Waals surface area (Å²) in [6.45, 7) is 2.90. The maximum Gasteiger partial charge on any atom is 0.249 e. The van der Waals surface area contributed by atoms with Crippen LogP contribution in [-0.4, -0.2) is 31.2 Å². The van der Waals surface area contributed by atoms with Crippen LogP contribution in [0.1, 0.15) is 31.2 Å². The Balaban J connectivity index is 1.89. The Morgan fingerprint density at radius 2 is 2.10 bits per heavy atom. The van der Waals surface area contributed by atoms with E-state index in [1.165, 1.54) is 0 Å². The Morgan fingerprint density at radius 3 is 2.67 bits per heavy atom. The average molecular weight is 331 g/mol. The smallest absolute Gasteiger partial charge is 0.249 e. The summed E-state index contributed by atoms with van der Waals surface area (Å²) in [4.78, 5) is 12.1. The van der Waals surface area contributed by atoms with Crippen LogP contribution in [0.4, 0.5) is 0 Å². The topological polar surface area (TPSA) is 64.4 Å². The van der Waals surface area contributed by atoms with Crippen molar-refractivity contribution in [3.8, 4) is 0 Å². The van der Waals surface area contributed by atoms with Gasteiger partial charge in [0.15, 0.2) is 0 Å². The molecule has 0 radical (unpaired) electrons. The standard InChI is InChI=1S/C15H20Cl2N2O2/c1-9(14-11(16)3-2-4-12(14)17)8-19-15(20)13-6-5-10(7-18)21-13/h2-4,9-10,13H,5-8,18H2,1H3,(H,19,20)/t9?,10-,13+/m1/s1. The van der Waals surface area contributed by atoms with E-state index < -0.39 is 6.10 Å². The lowest BCUT2D eigenvalue weighted by Gasteiger charge is -2.18. The number of benzene rings is 1. The van der Waals surface area contributed by atoms with Gasteiger partial charge in [0, 0.05) is 29.1 Å². The summed E-state index contributed by atoms with van der Waals surface area (Å²) in [6, 6.07) is 5.40. The van der Waals surface area contributed by atoms with Crippen molar-refractivity contribution in [3.63, 3.8) is 0 Å². The molecule has 1 saturated heterocycles. The van der Waals surface area contributed by atoms with Crippen LogP contribution in [0.3, 0.4) is 0 Å². The van der Waals surface area contributed by atoms with Crippen LogP contribution in [0, 0.1) is 0 Å². The molecule has 0 aromatic heterocycles. The van der Waals surface area contributed by atoms with E-state index in [1.807, 2.05) is 6.92 Å². The minimum atomic E-state index is -0.396. The summed E-state index contributed by atoms with van der Waals surface area (Å²) in [5, 5.41) is 4.13. The van der Waals surface area contributed by atoms with Gasteiger partial charge in [0.1, 0.15) is 6.10 Å². The maximum atomic E-state index is 12.1. The lowest BCUT2D eigenvalue weighted by Crippen LogP contribution is -2.37. The summed E-state index contributed by atoms with van der Waals surface area (Å²) in [6.07, 6.45) is 1.15. The molecule has 0 aliphatic carbocycles. The third kappa shape index (κ3) is 4.10. The number of halogens is 2.